The summed E-state index contributed by atoms with van der Waals surface area (Å²) in [5, 5.41) is 0. The maximum atomic E-state index is 12.2. The molecule has 1 heterocycles. The summed E-state index contributed by atoms with van der Waals surface area (Å²) in [5.74, 6) is -1.40. The summed E-state index contributed by atoms with van der Waals surface area (Å²) in [7, 11) is 1.11. The number of carbonyl (C=O) groups excluding carboxylic acids is 1. The van der Waals surface area contributed by atoms with E-state index < -0.39 is 24.5 Å². The summed E-state index contributed by atoms with van der Waals surface area (Å²) < 4.78 is 44.8. The van der Waals surface area contributed by atoms with Gasteiger partial charge in [-0.05, 0) is 0 Å². The average molecular weight is 279 g/mol. The summed E-state index contributed by atoms with van der Waals surface area (Å²) in [6.07, 6.45) is -4.56. The van der Waals surface area contributed by atoms with Gasteiger partial charge in [-0.15, -0.1) is 13.2 Å². The van der Waals surface area contributed by atoms with E-state index in [0.29, 0.717) is 0 Å². The topological polar surface area (TPSA) is 100 Å². The number of nitrogen functional groups attached to an aromatic ring is 1. The first kappa shape index (κ1) is 15.0. The van der Waals surface area contributed by atoms with Crippen LogP contribution in [0.15, 0.2) is 6.20 Å². The van der Waals surface area contributed by atoms with E-state index in [-0.39, 0.29) is 23.5 Å². The number of methoxy groups -OCH3 is 1. The molecular formula is C10H12F3N3O3. The molecule has 0 saturated carbocycles. The third-order valence-corrected chi connectivity index (χ3v) is 2.24. The normalized spacial score (nSPS) is 11.2. The highest BCUT2D eigenvalue weighted by molar-refractivity contribution is 5.76. The highest BCUT2D eigenvalue weighted by Crippen LogP contribution is 2.31. The molecule has 0 aromatic carbocycles. The Morgan fingerprint density at radius 1 is 1.47 bits per heavy atom. The Kier molecular flexibility index (Phi) is 4.54. The first-order valence-electron chi connectivity index (χ1n) is 5.07. The van der Waals surface area contributed by atoms with Crippen molar-refractivity contribution < 1.29 is 27.4 Å². The molecule has 0 aliphatic rings. The molecule has 0 spiro atoms. The zero-order chi connectivity index (χ0) is 14.6. The van der Waals surface area contributed by atoms with Crippen LogP contribution < -0.4 is 16.2 Å². The number of aromatic nitrogens is 1. The van der Waals surface area contributed by atoms with Crippen molar-refractivity contribution in [1.82, 2.24) is 4.98 Å². The molecule has 0 radical (unpaired) electrons. The number of ether oxygens (including phenoxy) is 2. The molecule has 1 rings (SSSR count). The predicted octanol–water partition coefficient (Wildman–Crippen LogP) is 0.737. The summed E-state index contributed by atoms with van der Waals surface area (Å²) in [6, 6.07) is 0. The Bertz CT molecular complexity index is 477. The van der Waals surface area contributed by atoms with E-state index in [9.17, 15) is 18.0 Å². The highest BCUT2D eigenvalue weighted by atomic mass is 19.4. The van der Waals surface area contributed by atoms with Crippen molar-refractivity contribution in [2.24, 2.45) is 5.73 Å². The van der Waals surface area contributed by atoms with Crippen molar-refractivity contribution >= 4 is 11.7 Å². The van der Waals surface area contributed by atoms with Gasteiger partial charge in [0.05, 0.1) is 31.1 Å². The minimum atomic E-state index is -4.91. The van der Waals surface area contributed by atoms with Gasteiger partial charge in [0, 0.05) is 12.1 Å². The molecule has 19 heavy (non-hydrogen) atoms. The molecule has 0 unspecified atom stereocenters. The van der Waals surface area contributed by atoms with Crippen LogP contribution in [0, 0.1) is 0 Å². The Morgan fingerprint density at radius 2 is 2.11 bits per heavy atom. The Hall–Kier alpha value is -2.03. The van der Waals surface area contributed by atoms with Crippen LogP contribution in [0.2, 0.25) is 0 Å². The van der Waals surface area contributed by atoms with Gasteiger partial charge in [0.25, 0.3) is 0 Å². The molecule has 4 N–H and O–H groups in total. The van der Waals surface area contributed by atoms with Crippen molar-refractivity contribution in [3.05, 3.63) is 17.5 Å². The van der Waals surface area contributed by atoms with Crippen molar-refractivity contribution in [3.8, 4) is 5.75 Å². The molecule has 1 aromatic rings. The molecule has 0 amide bonds. The maximum absolute atomic E-state index is 12.2. The fraction of sp³-hybridized carbons (Fsp3) is 0.400. The molecule has 0 fully saturated rings. The summed E-state index contributed by atoms with van der Waals surface area (Å²) in [6.45, 7) is -0.0771. The van der Waals surface area contributed by atoms with Gasteiger partial charge < -0.3 is 20.9 Å². The van der Waals surface area contributed by atoms with Crippen molar-refractivity contribution in [2.45, 2.75) is 19.3 Å². The number of nitrogens with two attached hydrogens (primary N) is 2. The van der Waals surface area contributed by atoms with E-state index in [4.69, 9.17) is 11.5 Å². The number of alkyl halides is 3. The summed E-state index contributed by atoms with van der Waals surface area (Å²) in [4.78, 5) is 14.8. The largest absolute Gasteiger partial charge is 0.573 e. The van der Waals surface area contributed by atoms with Gasteiger partial charge in [-0.2, -0.15) is 0 Å². The fourth-order valence-electron chi connectivity index (χ4n) is 1.37. The van der Waals surface area contributed by atoms with Gasteiger partial charge >= 0.3 is 12.3 Å². The lowest BCUT2D eigenvalue weighted by Gasteiger charge is -2.15. The molecule has 9 heteroatoms. The monoisotopic (exact) mass is 279 g/mol. The molecule has 106 valence electrons. The van der Waals surface area contributed by atoms with E-state index >= 15 is 0 Å². The van der Waals surface area contributed by atoms with E-state index in [1.54, 1.807) is 0 Å². The van der Waals surface area contributed by atoms with Gasteiger partial charge in [-0.3, -0.25) is 9.78 Å². The number of halogens is 3. The van der Waals surface area contributed by atoms with Crippen LogP contribution in [0.5, 0.6) is 5.75 Å². The Morgan fingerprint density at radius 3 is 2.58 bits per heavy atom. The van der Waals surface area contributed by atoms with E-state index in [1.165, 1.54) is 0 Å². The number of hydrogen-bond acceptors (Lipinski definition) is 6. The Balaban J connectivity index is 3.22. The van der Waals surface area contributed by atoms with Crippen LogP contribution in [-0.2, 0) is 22.5 Å². The quantitative estimate of drug-likeness (QED) is 0.788. The lowest BCUT2D eigenvalue weighted by molar-refractivity contribution is -0.275. The molecule has 0 aliphatic carbocycles. The molecule has 0 aliphatic heterocycles. The van der Waals surface area contributed by atoms with Crippen LogP contribution in [0.3, 0.4) is 0 Å². The van der Waals surface area contributed by atoms with E-state index in [2.05, 4.69) is 14.5 Å². The van der Waals surface area contributed by atoms with Gasteiger partial charge in [-0.1, -0.05) is 0 Å². The van der Waals surface area contributed by atoms with Crippen LogP contribution >= 0.6 is 0 Å². The summed E-state index contributed by atoms with van der Waals surface area (Å²) >= 11 is 0. The van der Waals surface area contributed by atoms with Crippen LogP contribution in [-0.4, -0.2) is 24.4 Å². The molecule has 6 nitrogen and oxygen atoms in total. The second kappa shape index (κ2) is 5.74. The van der Waals surface area contributed by atoms with Gasteiger partial charge in [0.15, 0.2) is 5.75 Å². The Labute approximate surface area is 106 Å². The number of esters is 1. The number of carbonyl (C=O) groups is 1. The highest BCUT2D eigenvalue weighted by Gasteiger charge is 2.33. The molecule has 0 atom stereocenters. The zero-order valence-corrected chi connectivity index (χ0v) is 9.95. The number of nitrogens with zero attached hydrogens (tertiary/aromatic N) is 1. The van der Waals surface area contributed by atoms with Crippen LogP contribution in [0.4, 0.5) is 18.9 Å². The fourth-order valence-corrected chi connectivity index (χ4v) is 1.37. The predicted molar refractivity (Wildman–Crippen MR) is 58.9 cm³/mol. The standard InChI is InChI=1S/C10H12F3N3O3/c1-18-8(17)2-5-7(19-10(11,12)13)4-16-6(3-14)9(5)15/h4H,2-3,14-15H2,1H3. The smallest absolute Gasteiger partial charge is 0.469 e. The van der Waals surface area contributed by atoms with Crippen LogP contribution in [0.25, 0.3) is 0 Å². The second-order valence-corrected chi connectivity index (χ2v) is 3.47. The third-order valence-electron chi connectivity index (χ3n) is 2.24. The van der Waals surface area contributed by atoms with E-state index in [0.717, 1.165) is 13.3 Å². The number of hydrogen-bond donors (Lipinski definition) is 2. The summed E-state index contributed by atoms with van der Waals surface area (Å²) in [5.41, 5.74) is 10.9. The third kappa shape index (κ3) is 3.98. The van der Waals surface area contributed by atoms with Crippen molar-refractivity contribution in [2.75, 3.05) is 12.8 Å². The maximum Gasteiger partial charge on any atom is 0.573 e. The van der Waals surface area contributed by atoms with Crippen molar-refractivity contribution in [3.63, 3.8) is 0 Å². The van der Waals surface area contributed by atoms with Crippen molar-refractivity contribution in [1.29, 1.82) is 0 Å². The number of anilines is 1. The number of pyridine rings is 1. The SMILES string of the molecule is COC(=O)Cc1c(OC(F)(F)F)cnc(CN)c1N. The zero-order valence-electron chi connectivity index (χ0n) is 9.95. The minimum Gasteiger partial charge on any atom is -0.469 e. The number of rotatable bonds is 4. The van der Waals surface area contributed by atoms with Gasteiger partial charge in [0.2, 0.25) is 0 Å². The molecule has 0 bridgehead atoms. The molecular weight excluding hydrogens is 267 g/mol. The molecule has 0 saturated heterocycles. The average Bonchev–Trinajstić information content (AvgIpc) is 2.32. The lowest BCUT2D eigenvalue weighted by atomic mass is 10.1. The first-order chi connectivity index (χ1) is 8.78. The first-order valence-corrected chi connectivity index (χ1v) is 5.07. The lowest BCUT2D eigenvalue weighted by Crippen LogP contribution is -2.20. The second-order valence-electron chi connectivity index (χ2n) is 3.47. The molecule has 1 aromatic heterocycles. The van der Waals surface area contributed by atoms with Gasteiger partial charge in [0.1, 0.15) is 0 Å². The minimum absolute atomic E-state index is 0.0771. The van der Waals surface area contributed by atoms with E-state index in [1.807, 2.05) is 0 Å². The van der Waals surface area contributed by atoms with Crippen LogP contribution in [0.1, 0.15) is 11.3 Å². The van der Waals surface area contributed by atoms with Gasteiger partial charge in [-0.25, -0.2) is 0 Å².